The Labute approximate surface area is 95.2 Å². The van der Waals surface area contributed by atoms with Crippen LogP contribution in [0.25, 0.3) is 0 Å². The van der Waals surface area contributed by atoms with Gasteiger partial charge in [0.1, 0.15) is 0 Å². The number of carbonyl (C=O) groups excluding carboxylic acids is 1. The zero-order valence-corrected chi connectivity index (χ0v) is 9.73. The average molecular weight is 229 g/mol. The molecule has 2 N–H and O–H groups in total. The Kier molecular flexibility index (Phi) is 4.73. The zero-order chi connectivity index (χ0) is 12.1. The van der Waals surface area contributed by atoms with Crippen molar-refractivity contribution in [2.24, 2.45) is 11.8 Å². The molecule has 1 amide bonds. The van der Waals surface area contributed by atoms with Gasteiger partial charge in [-0.05, 0) is 19.3 Å². The normalized spacial score (nSPS) is 26.4. The highest BCUT2D eigenvalue weighted by atomic mass is 16.5. The molecule has 16 heavy (non-hydrogen) atoms. The topological polar surface area (TPSA) is 75.6 Å². The maximum Gasteiger partial charge on any atom is 0.306 e. The Hall–Kier alpha value is -1.10. The summed E-state index contributed by atoms with van der Waals surface area (Å²) in [5.41, 5.74) is 0. The van der Waals surface area contributed by atoms with E-state index in [-0.39, 0.29) is 23.8 Å². The van der Waals surface area contributed by atoms with E-state index in [0.717, 1.165) is 6.42 Å². The van der Waals surface area contributed by atoms with Crippen LogP contribution < -0.4 is 5.32 Å². The van der Waals surface area contributed by atoms with E-state index in [0.29, 0.717) is 19.4 Å². The number of aliphatic carboxylic acids is 1. The molecule has 0 heterocycles. The molecule has 1 unspecified atom stereocenters. The van der Waals surface area contributed by atoms with E-state index >= 15 is 0 Å². The molecule has 0 spiro atoms. The van der Waals surface area contributed by atoms with Crippen LogP contribution in [-0.2, 0) is 14.3 Å². The van der Waals surface area contributed by atoms with E-state index in [1.807, 2.05) is 0 Å². The lowest BCUT2D eigenvalue weighted by Crippen LogP contribution is -2.38. The highest BCUT2D eigenvalue weighted by Crippen LogP contribution is 2.25. The van der Waals surface area contributed by atoms with Gasteiger partial charge in [0.05, 0.1) is 18.4 Å². The van der Waals surface area contributed by atoms with Gasteiger partial charge in [0.2, 0.25) is 5.91 Å². The van der Waals surface area contributed by atoms with Crippen molar-refractivity contribution in [1.29, 1.82) is 0 Å². The summed E-state index contributed by atoms with van der Waals surface area (Å²) in [7, 11) is 1.56. The van der Waals surface area contributed by atoms with E-state index in [1.54, 1.807) is 14.0 Å². The average Bonchev–Trinajstić information content (AvgIpc) is 2.66. The van der Waals surface area contributed by atoms with Crippen molar-refractivity contribution in [2.75, 3.05) is 13.7 Å². The van der Waals surface area contributed by atoms with Crippen LogP contribution in [-0.4, -0.2) is 36.7 Å². The van der Waals surface area contributed by atoms with Gasteiger partial charge in [-0.1, -0.05) is 6.92 Å². The molecule has 0 bridgehead atoms. The third-order valence-electron chi connectivity index (χ3n) is 2.99. The number of nitrogens with one attached hydrogen (secondary N) is 1. The molecule has 0 radical (unpaired) electrons. The summed E-state index contributed by atoms with van der Waals surface area (Å²) < 4.78 is 4.89. The van der Waals surface area contributed by atoms with Crippen LogP contribution in [0.15, 0.2) is 0 Å². The van der Waals surface area contributed by atoms with Crippen LogP contribution in [0.5, 0.6) is 0 Å². The number of methoxy groups -OCH3 is 1. The molecule has 1 aliphatic carbocycles. The third kappa shape index (κ3) is 3.48. The second-order valence-electron chi connectivity index (χ2n) is 4.41. The molecule has 0 aliphatic heterocycles. The first-order valence-corrected chi connectivity index (χ1v) is 5.56. The Morgan fingerprint density at radius 1 is 1.50 bits per heavy atom. The van der Waals surface area contributed by atoms with E-state index in [9.17, 15) is 9.59 Å². The second kappa shape index (κ2) is 5.84. The van der Waals surface area contributed by atoms with Crippen molar-refractivity contribution < 1.29 is 19.4 Å². The van der Waals surface area contributed by atoms with Crippen LogP contribution in [0.1, 0.15) is 26.2 Å². The predicted molar refractivity (Wildman–Crippen MR) is 57.9 cm³/mol. The number of hydrogen-bond acceptors (Lipinski definition) is 3. The minimum absolute atomic E-state index is 0.00732. The van der Waals surface area contributed by atoms with Gasteiger partial charge in [0, 0.05) is 13.2 Å². The van der Waals surface area contributed by atoms with Gasteiger partial charge in [-0.3, -0.25) is 9.59 Å². The van der Waals surface area contributed by atoms with Crippen LogP contribution >= 0.6 is 0 Å². The number of rotatable bonds is 5. The van der Waals surface area contributed by atoms with Gasteiger partial charge in [-0.15, -0.1) is 0 Å². The number of carbonyl (C=O) groups is 2. The van der Waals surface area contributed by atoms with Crippen molar-refractivity contribution in [3.05, 3.63) is 0 Å². The predicted octanol–water partition coefficient (Wildman–Crippen LogP) is 0.638. The van der Waals surface area contributed by atoms with E-state index in [1.165, 1.54) is 0 Å². The van der Waals surface area contributed by atoms with Crippen molar-refractivity contribution in [3.63, 3.8) is 0 Å². The molecule has 3 atom stereocenters. The third-order valence-corrected chi connectivity index (χ3v) is 2.99. The zero-order valence-electron chi connectivity index (χ0n) is 9.73. The smallest absolute Gasteiger partial charge is 0.306 e. The molecule has 5 heteroatoms. The monoisotopic (exact) mass is 229 g/mol. The van der Waals surface area contributed by atoms with Crippen LogP contribution in [0.4, 0.5) is 0 Å². The molecule has 1 saturated carbocycles. The first-order valence-electron chi connectivity index (χ1n) is 5.56. The molecule has 0 saturated heterocycles. The number of hydrogen-bond donors (Lipinski definition) is 2. The van der Waals surface area contributed by atoms with E-state index in [2.05, 4.69) is 5.32 Å². The summed E-state index contributed by atoms with van der Waals surface area (Å²) in [6, 6.07) is 0.00732. The van der Waals surface area contributed by atoms with Crippen LogP contribution in [0, 0.1) is 11.8 Å². The summed E-state index contributed by atoms with van der Waals surface area (Å²) in [6.45, 7) is 2.18. The SMILES string of the molecule is COCC(C)C(=O)N[C@@H]1CC[C@H](C(=O)O)C1. The van der Waals surface area contributed by atoms with Crippen molar-refractivity contribution in [3.8, 4) is 0 Å². The first-order chi connectivity index (χ1) is 7.54. The second-order valence-corrected chi connectivity index (χ2v) is 4.41. The number of ether oxygens (including phenoxy) is 1. The molecular formula is C11H19NO4. The standard InChI is InChI=1S/C11H19NO4/c1-7(6-16-2)10(13)12-9-4-3-8(5-9)11(14)15/h7-9H,3-6H2,1-2H3,(H,12,13)(H,14,15)/t7?,8-,9+/m0/s1. The summed E-state index contributed by atoms with van der Waals surface area (Å²) in [6.07, 6.45) is 1.95. The van der Waals surface area contributed by atoms with Gasteiger partial charge >= 0.3 is 5.97 Å². The quantitative estimate of drug-likeness (QED) is 0.725. The molecule has 92 valence electrons. The molecule has 0 aromatic heterocycles. The molecule has 0 aromatic rings. The Bertz CT molecular complexity index is 267. The Morgan fingerprint density at radius 2 is 2.19 bits per heavy atom. The number of carboxylic acids is 1. The van der Waals surface area contributed by atoms with Gasteiger partial charge in [-0.2, -0.15) is 0 Å². The summed E-state index contributed by atoms with van der Waals surface area (Å²) in [4.78, 5) is 22.4. The summed E-state index contributed by atoms with van der Waals surface area (Å²) >= 11 is 0. The molecule has 1 rings (SSSR count). The summed E-state index contributed by atoms with van der Waals surface area (Å²) in [5.74, 6) is -1.31. The molecule has 1 aliphatic rings. The lowest BCUT2D eigenvalue weighted by Gasteiger charge is -2.16. The fraction of sp³-hybridized carbons (Fsp3) is 0.818. The highest BCUT2D eigenvalue weighted by Gasteiger charge is 2.31. The maximum absolute atomic E-state index is 11.6. The lowest BCUT2D eigenvalue weighted by atomic mass is 10.1. The van der Waals surface area contributed by atoms with Gasteiger partial charge < -0.3 is 15.2 Å². The summed E-state index contributed by atoms with van der Waals surface area (Å²) in [5, 5.41) is 11.7. The van der Waals surface area contributed by atoms with Gasteiger partial charge in [0.15, 0.2) is 0 Å². The fourth-order valence-corrected chi connectivity index (χ4v) is 2.01. The lowest BCUT2D eigenvalue weighted by molar-refractivity contribution is -0.141. The van der Waals surface area contributed by atoms with Crippen molar-refractivity contribution >= 4 is 11.9 Å². The Balaban J connectivity index is 2.33. The van der Waals surface area contributed by atoms with Crippen molar-refractivity contribution in [1.82, 2.24) is 5.32 Å². The highest BCUT2D eigenvalue weighted by molar-refractivity contribution is 5.79. The minimum atomic E-state index is -0.762. The van der Waals surface area contributed by atoms with Gasteiger partial charge in [-0.25, -0.2) is 0 Å². The Morgan fingerprint density at radius 3 is 2.69 bits per heavy atom. The minimum Gasteiger partial charge on any atom is -0.481 e. The number of amides is 1. The van der Waals surface area contributed by atoms with Crippen LogP contribution in [0.2, 0.25) is 0 Å². The van der Waals surface area contributed by atoms with Crippen molar-refractivity contribution in [2.45, 2.75) is 32.2 Å². The first kappa shape index (κ1) is 13.0. The van der Waals surface area contributed by atoms with Gasteiger partial charge in [0.25, 0.3) is 0 Å². The van der Waals surface area contributed by atoms with Crippen LogP contribution in [0.3, 0.4) is 0 Å². The molecule has 0 aromatic carbocycles. The largest absolute Gasteiger partial charge is 0.481 e. The fourth-order valence-electron chi connectivity index (χ4n) is 2.01. The molecule has 5 nitrogen and oxygen atoms in total. The maximum atomic E-state index is 11.6. The van der Waals surface area contributed by atoms with E-state index in [4.69, 9.17) is 9.84 Å². The number of carboxylic acid groups (broad SMARTS) is 1. The molecular weight excluding hydrogens is 210 g/mol. The van der Waals surface area contributed by atoms with E-state index < -0.39 is 5.97 Å². The molecule has 1 fully saturated rings.